The van der Waals surface area contributed by atoms with Crippen molar-refractivity contribution in [3.63, 3.8) is 0 Å². The van der Waals surface area contributed by atoms with Crippen LogP contribution < -0.4 is 10.2 Å². The fourth-order valence-electron chi connectivity index (χ4n) is 2.62. The predicted octanol–water partition coefficient (Wildman–Crippen LogP) is 3.00. The van der Waals surface area contributed by atoms with Crippen LogP contribution in [0.4, 0.5) is 0 Å². The number of aliphatic carboxylic acids is 1. The molecule has 22 heavy (non-hydrogen) atoms. The number of rotatable bonds is 5. The molecule has 0 saturated heterocycles. The number of nitrogens with zero attached hydrogens (tertiary/aromatic N) is 1. The summed E-state index contributed by atoms with van der Waals surface area (Å²) in [6.07, 6.45) is -0.149. The Labute approximate surface area is 129 Å². The Kier molecular flexibility index (Phi) is 4.54. The monoisotopic (exact) mass is 303 g/mol. The van der Waals surface area contributed by atoms with Gasteiger partial charge in [0.2, 0.25) is 0 Å². The highest BCUT2D eigenvalue weighted by molar-refractivity contribution is 5.82. The molecular formula is C17H21NO4. The van der Waals surface area contributed by atoms with Crippen LogP contribution in [-0.4, -0.2) is 21.7 Å². The van der Waals surface area contributed by atoms with E-state index in [0.717, 1.165) is 5.52 Å². The molecule has 1 heterocycles. The van der Waals surface area contributed by atoms with Gasteiger partial charge in [-0.3, -0.25) is 9.59 Å². The van der Waals surface area contributed by atoms with E-state index in [0.29, 0.717) is 16.8 Å². The summed E-state index contributed by atoms with van der Waals surface area (Å²) in [7, 11) is 0. The van der Waals surface area contributed by atoms with Crippen molar-refractivity contribution in [2.75, 3.05) is 0 Å². The van der Waals surface area contributed by atoms with Crippen molar-refractivity contribution in [2.24, 2.45) is 0 Å². The summed E-state index contributed by atoms with van der Waals surface area (Å²) in [4.78, 5) is 23.4. The second-order valence-electron chi connectivity index (χ2n) is 5.88. The SMILES string of the molecule is CC(C)Oc1ccc2c(c1)c(=O)cc(CC(=O)O)n2C(C)C. The van der Waals surface area contributed by atoms with E-state index in [4.69, 9.17) is 9.84 Å². The fraction of sp³-hybridized carbons (Fsp3) is 0.412. The molecule has 0 atom stereocenters. The summed E-state index contributed by atoms with van der Waals surface area (Å²) in [6.45, 7) is 7.78. The lowest BCUT2D eigenvalue weighted by molar-refractivity contribution is -0.136. The number of fused-ring (bicyclic) bond motifs is 1. The van der Waals surface area contributed by atoms with Gasteiger partial charge in [-0.2, -0.15) is 0 Å². The number of hydrogen-bond acceptors (Lipinski definition) is 3. The number of ether oxygens (including phenoxy) is 1. The molecule has 0 unspecified atom stereocenters. The van der Waals surface area contributed by atoms with Gasteiger partial charge in [0, 0.05) is 23.2 Å². The van der Waals surface area contributed by atoms with Crippen molar-refractivity contribution < 1.29 is 14.6 Å². The molecule has 1 N–H and O–H groups in total. The Balaban J connectivity index is 2.70. The van der Waals surface area contributed by atoms with Crippen molar-refractivity contribution in [2.45, 2.75) is 46.3 Å². The van der Waals surface area contributed by atoms with Gasteiger partial charge in [-0.25, -0.2) is 0 Å². The summed E-state index contributed by atoms with van der Waals surface area (Å²) < 4.78 is 7.52. The van der Waals surface area contributed by atoms with Gasteiger partial charge < -0.3 is 14.4 Å². The Morgan fingerprint density at radius 3 is 2.45 bits per heavy atom. The van der Waals surface area contributed by atoms with Gasteiger partial charge in [-0.15, -0.1) is 0 Å². The molecule has 0 bridgehead atoms. The van der Waals surface area contributed by atoms with E-state index in [1.165, 1.54) is 6.07 Å². The molecule has 0 radical (unpaired) electrons. The zero-order valence-electron chi connectivity index (χ0n) is 13.3. The van der Waals surface area contributed by atoms with Gasteiger partial charge in [0.1, 0.15) is 5.75 Å². The molecule has 0 amide bonds. The molecule has 0 aliphatic rings. The standard InChI is InChI=1S/C17H21NO4/c1-10(2)18-12(8-17(20)21)7-16(19)14-9-13(22-11(3)4)5-6-15(14)18/h5-7,9-11H,8H2,1-4H3,(H,20,21). The Morgan fingerprint density at radius 2 is 1.91 bits per heavy atom. The zero-order chi connectivity index (χ0) is 16.4. The zero-order valence-corrected chi connectivity index (χ0v) is 13.3. The van der Waals surface area contributed by atoms with Crippen LogP contribution in [-0.2, 0) is 11.2 Å². The van der Waals surface area contributed by atoms with Crippen molar-refractivity contribution >= 4 is 16.9 Å². The van der Waals surface area contributed by atoms with E-state index in [1.807, 2.05) is 44.4 Å². The van der Waals surface area contributed by atoms with E-state index >= 15 is 0 Å². The smallest absolute Gasteiger partial charge is 0.309 e. The minimum atomic E-state index is -0.951. The maximum absolute atomic E-state index is 12.3. The summed E-state index contributed by atoms with van der Waals surface area (Å²) in [5.41, 5.74) is 1.06. The van der Waals surface area contributed by atoms with Crippen LogP contribution in [0.5, 0.6) is 5.75 Å². The van der Waals surface area contributed by atoms with Crippen molar-refractivity contribution in [3.05, 3.63) is 40.2 Å². The third kappa shape index (κ3) is 3.30. The second kappa shape index (κ2) is 6.22. The molecule has 2 aromatic rings. The number of carbonyl (C=O) groups is 1. The van der Waals surface area contributed by atoms with Crippen molar-refractivity contribution in [3.8, 4) is 5.75 Å². The first-order valence-electron chi connectivity index (χ1n) is 7.36. The number of aromatic nitrogens is 1. The molecule has 0 fully saturated rings. The molecule has 0 aliphatic carbocycles. The van der Waals surface area contributed by atoms with Crippen LogP contribution in [0.15, 0.2) is 29.1 Å². The molecular weight excluding hydrogens is 282 g/mol. The Morgan fingerprint density at radius 1 is 1.23 bits per heavy atom. The van der Waals surface area contributed by atoms with Crippen molar-refractivity contribution in [1.82, 2.24) is 4.57 Å². The average Bonchev–Trinajstić information content (AvgIpc) is 2.37. The first kappa shape index (κ1) is 16.1. The number of pyridine rings is 1. The van der Waals surface area contributed by atoms with Gasteiger partial charge >= 0.3 is 5.97 Å². The summed E-state index contributed by atoms with van der Waals surface area (Å²) in [5.74, 6) is -0.311. The lowest BCUT2D eigenvalue weighted by Gasteiger charge is -2.20. The van der Waals surface area contributed by atoms with Gasteiger partial charge in [-0.1, -0.05) is 0 Å². The molecule has 5 heteroatoms. The molecule has 2 rings (SSSR count). The molecule has 118 valence electrons. The topological polar surface area (TPSA) is 68.5 Å². The highest BCUT2D eigenvalue weighted by atomic mass is 16.5. The second-order valence-corrected chi connectivity index (χ2v) is 5.88. The normalized spacial score (nSPS) is 11.4. The third-order valence-corrected chi connectivity index (χ3v) is 3.32. The number of carboxylic acids is 1. The Bertz CT molecular complexity index is 759. The number of hydrogen-bond donors (Lipinski definition) is 1. The first-order chi connectivity index (χ1) is 10.3. The highest BCUT2D eigenvalue weighted by Gasteiger charge is 2.14. The average molecular weight is 303 g/mol. The molecule has 1 aromatic heterocycles. The largest absolute Gasteiger partial charge is 0.491 e. The van der Waals surface area contributed by atoms with Crippen molar-refractivity contribution in [1.29, 1.82) is 0 Å². The molecule has 0 aliphatic heterocycles. The summed E-state index contributed by atoms with van der Waals surface area (Å²) in [5, 5.41) is 9.59. The van der Waals surface area contributed by atoms with Crippen LogP contribution in [0.1, 0.15) is 39.4 Å². The molecule has 1 aromatic carbocycles. The summed E-state index contributed by atoms with van der Waals surface area (Å²) >= 11 is 0. The Hall–Kier alpha value is -2.30. The fourth-order valence-corrected chi connectivity index (χ4v) is 2.62. The highest BCUT2D eigenvalue weighted by Crippen LogP contribution is 2.23. The van der Waals surface area contributed by atoms with E-state index < -0.39 is 5.97 Å². The van der Waals surface area contributed by atoms with E-state index in [1.54, 1.807) is 6.07 Å². The van der Waals surface area contributed by atoms with Crippen LogP contribution >= 0.6 is 0 Å². The summed E-state index contributed by atoms with van der Waals surface area (Å²) in [6, 6.07) is 6.82. The van der Waals surface area contributed by atoms with E-state index in [9.17, 15) is 9.59 Å². The first-order valence-corrected chi connectivity index (χ1v) is 7.36. The van der Waals surface area contributed by atoms with Crippen LogP contribution in [0.25, 0.3) is 10.9 Å². The minimum absolute atomic E-state index is 0.0241. The molecule has 5 nitrogen and oxygen atoms in total. The van der Waals surface area contributed by atoms with Gasteiger partial charge in [-0.05, 0) is 45.9 Å². The van der Waals surface area contributed by atoms with Crippen LogP contribution in [0.2, 0.25) is 0 Å². The molecule has 0 spiro atoms. The van der Waals surface area contributed by atoms with E-state index in [-0.39, 0.29) is 24.0 Å². The van der Waals surface area contributed by atoms with Crippen LogP contribution in [0, 0.1) is 0 Å². The predicted molar refractivity (Wildman–Crippen MR) is 85.7 cm³/mol. The lowest BCUT2D eigenvalue weighted by Crippen LogP contribution is -2.18. The van der Waals surface area contributed by atoms with Gasteiger partial charge in [0.15, 0.2) is 5.43 Å². The number of carboxylic acid groups (broad SMARTS) is 1. The quantitative estimate of drug-likeness (QED) is 0.922. The van der Waals surface area contributed by atoms with E-state index in [2.05, 4.69) is 0 Å². The van der Waals surface area contributed by atoms with Gasteiger partial charge in [0.25, 0.3) is 0 Å². The lowest BCUT2D eigenvalue weighted by atomic mass is 10.1. The van der Waals surface area contributed by atoms with Gasteiger partial charge in [0.05, 0.1) is 18.0 Å². The third-order valence-electron chi connectivity index (χ3n) is 3.32. The maximum Gasteiger partial charge on any atom is 0.309 e. The minimum Gasteiger partial charge on any atom is -0.491 e. The number of benzene rings is 1. The maximum atomic E-state index is 12.3. The van der Waals surface area contributed by atoms with Crippen LogP contribution in [0.3, 0.4) is 0 Å². The molecule has 0 saturated carbocycles.